The summed E-state index contributed by atoms with van der Waals surface area (Å²) in [7, 11) is 0. The van der Waals surface area contributed by atoms with Crippen LogP contribution in [-0.2, 0) is 4.74 Å². The smallest absolute Gasteiger partial charge is 0.174 e. The van der Waals surface area contributed by atoms with E-state index in [1.807, 2.05) is 20.8 Å². The fourth-order valence-corrected chi connectivity index (χ4v) is 2.20. The second kappa shape index (κ2) is 5.40. The molecule has 19 heavy (non-hydrogen) atoms. The van der Waals surface area contributed by atoms with Crippen molar-refractivity contribution in [3.63, 3.8) is 0 Å². The van der Waals surface area contributed by atoms with Crippen LogP contribution >= 0.6 is 0 Å². The van der Waals surface area contributed by atoms with Crippen molar-refractivity contribution in [2.45, 2.75) is 26.8 Å². The minimum Gasteiger partial charge on any atom is -0.409 e. The maximum Gasteiger partial charge on any atom is 0.174 e. The first kappa shape index (κ1) is 13.5. The van der Waals surface area contributed by atoms with Crippen LogP contribution in [0.2, 0.25) is 0 Å². The maximum atomic E-state index is 8.96. The van der Waals surface area contributed by atoms with Gasteiger partial charge in [-0.2, -0.15) is 5.10 Å². The maximum absolute atomic E-state index is 8.96. The van der Waals surface area contributed by atoms with Gasteiger partial charge in [-0.25, -0.2) is 0 Å². The lowest BCUT2D eigenvalue weighted by Crippen LogP contribution is -2.45. The van der Waals surface area contributed by atoms with Crippen LogP contribution in [0.4, 0.5) is 5.82 Å². The van der Waals surface area contributed by atoms with Gasteiger partial charge in [-0.15, -0.1) is 5.10 Å². The second-order valence-electron chi connectivity index (χ2n) is 4.71. The zero-order chi connectivity index (χ0) is 14.0. The third-order valence-corrected chi connectivity index (χ3v) is 3.44. The third-order valence-electron chi connectivity index (χ3n) is 3.44. The number of rotatable bonds is 2. The Labute approximate surface area is 112 Å². The summed E-state index contributed by atoms with van der Waals surface area (Å²) in [5.74, 6) is 0.707. The molecule has 0 saturated carbocycles. The number of hydrogen-bond donors (Lipinski definition) is 2. The van der Waals surface area contributed by atoms with E-state index < -0.39 is 0 Å². The molecule has 1 aliphatic heterocycles. The third kappa shape index (κ3) is 2.46. The van der Waals surface area contributed by atoms with Gasteiger partial charge in [0.05, 0.1) is 30.5 Å². The van der Waals surface area contributed by atoms with Crippen LogP contribution < -0.4 is 10.6 Å². The lowest BCUT2D eigenvalue weighted by Gasteiger charge is -2.35. The average Bonchev–Trinajstić information content (AvgIpc) is 2.42. The minimum absolute atomic E-state index is 0.0594. The van der Waals surface area contributed by atoms with E-state index in [2.05, 4.69) is 20.3 Å². The molecule has 104 valence electrons. The molecule has 2 rings (SSSR count). The highest BCUT2D eigenvalue weighted by atomic mass is 16.5. The number of aromatic nitrogens is 2. The molecule has 0 radical (unpaired) electrons. The SMILES string of the molecule is Cc1nnc(N2CCOCC2C)c(/C(N)=N/O)c1C. The molecule has 1 aromatic heterocycles. The van der Waals surface area contributed by atoms with Crippen LogP contribution in [0.5, 0.6) is 0 Å². The first-order valence-corrected chi connectivity index (χ1v) is 6.22. The van der Waals surface area contributed by atoms with Crippen LogP contribution in [0.3, 0.4) is 0 Å². The van der Waals surface area contributed by atoms with Crippen LogP contribution in [0.15, 0.2) is 5.16 Å². The topological polar surface area (TPSA) is 96.9 Å². The highest BCUT2D eigenvalue weighted by molar-refractivity contribution is 6.02. The molecule has 0 aromatic carbocycles. The Balaban J connectivity index is 2.53. The Morgan fingerprint density at radius 1 is 1.47 bits per heavy atom. The van der Waals surface area contributed by atoms with Crippen molar-refractivity contribution in [2.75, 3.05) is 24.7 Å². The van der Waals surface area contributed by atoms with Crippen molar-refractivity contribution >= 4 is 11.7 Å². The summed E-state index contributed by atoms with van der Waals surface area (Å²) >= 11 is 0. The molecule has 1 saturated heterocycles. The van der Waals surface area contributed by atoms with E-state index >= 15 is 0 Å². The second-order valence-corrected chi connectivity index (χ2v) is 4.71. The first-order valence-electron chi connectivity index (χ1n) is 6.22. The molecule has 2 heterocycles. The zero-order valence-corrected chi connectivity index (χ0v) is 11.4. The summed E-state index contributed by atoms with van der Waals surface area (Å²) in [6.07, 6.45) is 0. The number of oxime groups is 1. The lowest BCUT2D eigenvalue weighted by atomic mass is 10.1. The van der Waals surface area contributed by atoms with Crippen molar-refractivity contribution in [3.05, 3.63) is 16.8 Å². The summed E-state index contributed by atoms with van der Waals surface area (Å²) in [6.45, 7) is 7.77. The van der Waals surface area contributed by atoms with Gasteiger partial charge in [0.15, 0.2) is 11.7 Å². The van der Waals surface area contributed by atoms with E-state index in [9.17, 15) is 0 Å². The summed E-state index contributed by atoms with van der Waals surface area (Å²) in [4.78, 5) is 2.08. The van der Waals surface area contributed by atoms with E-state index in [1.54, 1.807) is 0 Å². The van der Waals surface area contributed by atoms with Crippen LogP contribution in [0.25, 0.3) is 0 Å². The van der Waals surface area contributed by atoms with Crippen molar-refractivity contribution in [3.8, 4) is 0 Å². The number of nitrogens with two attached hydrogens (primary N) is 1. The number of anilines is 1. The van der Waals surface area contributed by atoms with Gasteiger partial charge in [0.2, 0.25) is 0 Å². The Morgan fingerprint density at radius 3 is 2.84 bits per heavy atom. The molecule has 3 N–H and O–H groups in total. The molecule has 7 heteroatoms. The molecule has 0 amide bonds. The minimum atomic E-state index is 0.0594. The molecule has 7 nitrogen and oxygen atoms in total. The van der Waals surface area contributed by atoms with Gasteiger partial charge in [-0.05, 0) is 26.3 Å². The van der Waals surface area contributed by atoms with Crippen molar-refractivity contribution in [2.24, 2.45) is 10.9 Å². The lowest BCUT2D eigenvalue weighted by molar-refractivity contribution is 0.0984. The zero-order valence-electron chi connectivity index (χ0n) is 11.4. The van der Waals surface area contributed by atoms with Gasteiger partial charge in [0, 0.05) is 6.54 Å². The number of hydrogen-bond acceptors (Lipinski definition) is 6. The van der Waals surface area contributed by atoms with Crippen LogP contribution in [-0.4, -0.2) is 47.0 Å². The summed E-state index contributed by atoms with van der Waals surface area (Å²) < 4.78 is 5.41. The summed E-state index contributed by atoms with van der Waals surface area (Å²) in [5, 5.41) is 20.4. The van der Waals surface area contributed by atoms with Gasteiger partial charge in [-0.1, -0.05) is 5.16 Å². The highest BCUT2D eigenvalue weighted by Crippen LogP contribution is 2.25. The standard InChI is InChI=1S/C12H19N5O2/c1-7-6-19-5-4-17(7)12-10(11(13)16-18)8(2)9(3)14-15-12/h7,18H,4-6H2,1-3H3,(H2,13,16). The van der Waals surface area contributed by atoms with Crippen molar-refractivity contribution in [1.29, 1.82) is 0 Å². The number of amidine groups is 1. The van der Waals surface area contributed by atoms with Gasteiger partial charge >= 0.3 is 0 Å². The predicted octanol–water partition coefficient (Wildman–Crippen LogP) is 0.413. The van der Waals surface area contributed by atoms with E-state index in [4.69, 9.17) is 15.7 Å². The molecule has 1 fully saturated rings. The fraction of sp³-hybridized carbons (Fsp3) is 0.583. The summed E-state index contributed by atoms with van der Waals surface area (Å²) in [5.41, 5.74) is 8.08. The summed E-state index contributed by atoms with van der Waals surface area (Å²) in [6, 6.07) is 0.176. The Kier molecular flexibility index (Phi) is 3.84. The van der Waals surface area contributed by atoms with Crippen LogP contribution in [0.1, 0.15) is 23.7 Å². The first-order chi connectivity index (χ1) is 9.06. The van der Waals surface area contributed by atoms with Gasteiger partial charge < -0.3 is 20.6 Å². The van der Waals surface area contributed by atoms with E-state index in [0.29, 0.717) is 31.1 Å². The molecular formula is C12H19N5O2. The molecule has 0 spiro atoms. The molecule has 1 unspecified atom stereocenters. The number of morpholine rings is 1. The van der Waals surface area contributed by atoms with E-state index in [0.717, 1.165) is 11.3 Å². The van der Waals surface area contributed by atoms with E-state index in [1.165, 1.54) is 0 Å². The number of aryl methyl sites for hydroxylation is 1. The average molecular weight is 265 g/mol. The van der Waals surface area contributed by atoms with Gasteiger partial charge in [0.1, 0.15) is 0 Å². The quantitative estimate of drug-likeness (QED) is 0.348. The highest BCUT2D eigenvalue weighted by Gasteiger charge is 2.26. The van der Waals surface area contributed by atoms with E-state index in [-0.39, 0.29) is 11.9 Å². The normalized spacial score (nSPS) is 20.7. The Morgan fingerprint density at radius 2 is 2.21 bits per heavy atom. The van der Waals surface area contributed by atoms with Crippen LogP contribution in [0, 0.1) is 13.8 Å². The Hall–Kier alpha value is -1.89. The monoisotopic (exact) mass is 265 g/mol. The molecule has 1 atom stereocenters. The molecule has 1 aliphatic rings. The van der Waals surface area contributed by atoms with Crippen molar-refractivity contribution < 1.29 is 9.94 Å². The predicted molar refractivity (Wildman–Crippen MR) is 71.6 cm³/mol. The van der Waals surface area contributed by atoms with Gasteiger partial charge in [0.25, 0.3) is 0 Å². The number of ether oxygens (including phenoxy) is 1. The van der Waals surface area contributed by atoms with Gasteiger partial charge in [-0.3, -0.25) is 0 Å². The number of nitrogens with zero attached hydrogens (tertiary/aromatic N) is 4. The Bertz CT molecular complexity index is 503. The molecule has 0 bridgehead atoms. The fourth-order valence-electron chi connectivity index (χ4n) is 2.20. The molecule has 0 aliphatic carbocycles. The molecule has 1 aromatic rings. The van der Waals surface area contributed by atoms with Crippen molar-refractivity contribution in [1.82, 2.24) is 10.2 Å². The largest absolute Gasteiger partial charge is 0.409 e. The molecular weight excluding hydrogens is 246 g/mol.